The van der Waals surface area contributed by atoms with Crippen molar-refractivity contribution >= 4 is 27.5 Å². The van der Waals surface area contributed by atoms with E-state index in [2.05, 4.69) is 15.0 Å². The average Bonchev–Trinajstić information content (AvgIpc) is 2.37. The van der Waals surface area contributed by atoms with Crippen LogP contribution in [0.2, 0.25) is 5.02 Å². The first-order chi connectivity index (χ1) is 8.97. The van der Waals surface area contributed by atoms with E-state index >= 15 is 0 Å². The van der Waals surface area contributed by atoms with Gasteiger partial charge >= 0.3 is 0 Å². The molecule has 0 aromatic carbocycles. The Hall–Kier alpha value is -1.22. The number of nitrogens with one attached hydrogen (secondary N) is 2. The third kappa shape index (κ3) is 5.11. The van der Waals surface area contributed by atoms with Crippen molar-refractivity contribution in [3.05, 3.63) is 23.5 Å². The SMILES string of the molecule is COCCNC(=O)CNS(=O)(=O)c1cnccc1Cl. The summed E-state index contributed by atoms with van der Waals surface area (Å²) in [5.41, 5.74) is 0. The molecule has 0 saturated carbocycles. The summed E-state index contributed by atoms with van der Waals surface area (Å²) >= 11 is 5.75. The van der Waals surface area contributed by atoms with Gasteiger partial charge in [-0.2, -0.15) is 0 Å². The number of methoxy groups -OCH3 is 1. The number of hydrogen-bond acceptors (Lipinski definition) is 5. The summed E-state index contributed by atoms with van der Waals surface area (Å²) < 4.78 is 30.6. The van der Waals surface area contributed by atoms with E-state index in [0.29, 0.717) is 13.2 Å². The van der Waals surface area contributed by atoms with Gasteiger partial charge in [0.05, 0.1) is 18.2 Å². The molecule has 0 saturated heterocycles. The fourth-order valence-electron chi connectivity index (χ4n) is 1.15. The molecule has 7 nitrogen and oxygen atoms in total. The Morgan fingerprint density at radius 1 is 1.53 bits per heavy atom. The van der Waals surface area contributed by atoms with Crippen molar-refractivity contribution in [3.8, 4) is 0 Å². The van der Waals surface area contributed by atoms with E-state index in [-0.39, 0.29) is 16.5 Å². The van der Waals surface area contributed by atoms with Gasteiger partial charge in [-0.1, -0.05) is 11.6 Å². The Kier molecular flexibility index (Phi) is 6.16. The van der Waals surface area contributed by atoms with Crippen LogP contribution in [0.15, 0.2) is 23.4 Å². The van der Waals surface area contributed by atoms with Crippen molar-refractivity contribution in [2.24, 2.45) is 0 Å². The molecule has 0 aliphatic heterocycles. The average molecular weight is 308 g/mol. The largest absolute Gasteiger partial charge is 0.383 e. The number of pyridine rings is 1. The first-order valence-electron chi connectivity index (χ1n) is 5.32. The molecule has 0 unspecified atom stereocenters. The number of sulfonamides is 1. The number of ether oxygens (including phenoxy) is 1. The Morgan fingerprint density at radius 3 is 2.89 bits per heavy atom. The minimum absolute atomic E-state index is 0.0438. The maximum atomic E-state index is 11.8. The lowest BCUT2D eigenvalue weighted by Gasteiger charge is -2.08. The van der Waals surface area contributed by atoms with E-state index in [0.717, 1.165) is 6.20 Å². The van der Waals surface area contributed by atoms with Crippen molar-refractivity contribution < 1.29 is 17.9 Å². The molecule has 1 aromatic rings. The highest BCUT2D eigenvalue weighted by Crippen LogP contribution is 2.18. The summed E-state index contributed by atoms with van der Waals surface area (Å²) in [5.74, 6) is -0.458. The van der Waals surface area contributed by atoms with Crippen molar-refractivity contribution in [1.29, 1.82) is 0 Å². The molecule has 0 aliphatic rings. The predicted octanol–water partition coefficient (Wildman–Crippen LogP) is -0.224. The quantitative estimate of drug-likeness (QED) is 0.679. The summed E-state index contributed by atoms with van der Waals surface area (Å²) in [6, 6.07) is 1.36. The summed E-state index contributed by atoms with van der Waals surface area (Å²) in [6.07, 6.45) is 2.49. The van der Waals surface area contributed by atoms with Crippen LogP contribution in [0.1, 0.15) is 0 Å². The molecule has 1 rings (SSSR count). The van der Waals surface area contributed by atoms with Gasteiger partial charge in [-0.15, -0.1) is 0 Å². The minimum atomic E-state index is -3.85. The molecule has 0 fully saturated rings. The van der Waals surface area contributed by atoms with E-state index in [1.54, 1.807) is 0 Å². The molecule has 0 spiro atoms. The van der Waals surface area contributed by atoms with Crippen LogP contribution >= 0.6 is 11.6 Å². The van der Waals surface area contributed by atoms with Crippen LogP contribution in [0, 0.1) is 0 Å². The second-order valence-corrected chi connectivity index (χ2v) is 5.62. The van der Waals surface area contributed by atoms with Gasteiger partial charge in [-0.25, -0.2) is 13.1 Å². The molecule has 19 heavy (non-hydrogen) atoms. The highest BCUT2D eigenvalue weighted by atomic mass is 35.5. The molecule has 1 aromatic heterocycles. The Bertz CT molecular complexity index is 535. The van der Waals surface area contributed by atoms with Gasteiger partial charge in [0, 0.05) is 26.0 Å². The zero-order chi connectivity index (χ0) is 14.3. The van der Waals surface area contributed by atoms with Gasteiger partial charge in [-0.3, -0.25) is 9.78 Å². The van der Waals surface area contributed by atoms with Gasteiger partial charge in [0.15, 0.2) is 0 Å². The van der Waals surface area contributed by atoms with Gasteiger partial charge in [0.2, 0.25) is 15.9 Å². The van der Waals surface area contributed by atoms with Crippen molar-refractivity contribution in [1.82, 2.24) is 15.0 Å². The third-order valence-electron chi connectivity index (χ3n) is 2.07. The molecule has 0 bridgehead atoms. The standard InChI is InChI=1S/C10H14ClN3O4S/c1-18-5-4-13-10(15)7-14-19(16,17)9-6-12-3-2-8(9)11/h2-3,6,14H,4-5,7H2,1H3,(H,13,15). The summed E-state index contributed by atoms with van der Waals surface area (Å²) in [6.45, 7) is 0.287. The van der Waals surface area contributed by atoms with E-state index in [1.165, 1.54) is 19.4 Å². The predicted molar refractivity (Wildman–Crippen MR) is 69.3 cm³/mol. The van der Waals surface area contributed by atoms with Crippen LogP contribution in [0.25, 0.3) is 0 Å². The summed E-state index contributed by atoms with van der Waals surface area (Å²) in [4.78, 5) is 14.9. The molecule has 0 atom stereocenters. The van der Waals surface area contributed by atoms with Crippen molar-refractivity contribution in [2.75, 3.05) is 26.8 Å². The van der Waals surface area contributed by atoms with Gasteiger partial charge in [0.1, 0.15) is 4.90 Å². The van der Waals surface area contributed by atoms with E-state index in [1.807, 2.05) is 0 Å². The summed E-state index contributed by atoms with van der Waals surface area (Å²) in [5, 5.41) is 2.53. The van der Waals surface area contributed by atoms with E-state index < -0.39 is 15.9 Å². The highest BCUT2D eigenvalue weighted by molar-refractivity contribution is 7.89. The lowest BCUT2D eigenvalue weighted by atomic mass is 10.5. The van der Waals surface area contributed by atoms with Crippen LogP contribution in [-0.2, 0) is 19.6 Å². The molecule has 1 amide bonds. The molecular weight excluding hydrogens is 294 g/mol. The number of nitrogens with zero attached hydrogens (tertiary/aromatic N) is 1. The number of carbonyl (C=O) groups excluding carboxylic acids is 1. The number of aromatic nitrogens is 1. The van der Waals surface area contributed by atoms with Crippen LogP contribution < -0.4 is 10.0 Å². The zero-order valence-corrected chi connectivity index (χ0v) is 11.8. The smallest absolute Gasteiger partial charge is 0.244 e. The van der Waals surface area contributed by atoms with Gasteiger partial charge in [0.25, 0.3) is 0 Å². The first kappa shape index (κ1) is 15.8. The number of rotatable bonds is 7. The molecule has 1 heterocycles. The van der Waals surface area contributed by atoms with Crippen molar-refractivity contribution in [2.45, 2.75) is 4.90 Å². The molecule has 0 aliphatic carbocycles. The highest BCUT2D eigenvalue weighted by Gasteiger charge is 2.18. The lowest BCUT2D eigenvalue weighted by Crippen LogP contribution is -2.38. The lowest BCUT2D eigenvalue weighted by molar-refractivity contribution is -0.120. The third-order valence-corrected chi connectivity index (χ3v) is 3.95. The number of halogens is 1. The fraction of sp³-hybridized carbons (Fsp3) is 0.400. The number of carbonyl (C=O) groups is 1. The topological polar surface area (TPSA) is 97.4 Å². The second kappa shape index (κ2) is 7.39. The van der Waals surface area contributed by atoms with E-state index in [9.17, 15) is 13.2 Å². The minimum Gasteiger partial charge on any atom is -0.383 e. The van der Waals surface area contributed by atoms with Crippen LogP contribution in [0.5, 0.6) is 0 Å². The van der Waals surface area contributed by atoms with Gasteiger partial charge < -0.3 is 10.1 Å². The second-order valence-electron chi connectivity index (χ2n) is 3.47. The summed E-state index contributed by atoms with van der Waals surface area (Å²) in [7, 11) is -2.35. The van der Waals surface area contributed by atoms with Crippen LogP contribution in [-0.4, -0.2) is 46.1 Å². The maximum Gasteiger partial charge on any atom is 0.244 e. The Labute approximate surface area is 116 Å². The van der Waals surface area contributed by atoms with Crippen molar-refractivity contribution in [3.63, 3.8) is 0 Å². The van der Waals surface area contributed by atoms with E-state index in [4.69, 9.17) is 16.3 Å². The van der Waals surface area contributed by atoms with Crippen LogP contribution in [0.3, 0.4) is 0 Å². The van der Waals surface area contributed by atoms with Gasteiger partial charge in [-0.05, 0) is 6.07 Å². The molecule has 2 N–H and O–H groups in total. The zero-order valence-electron chi connectivity index (χ0n) is 10.2. The monoisotopic (exact) mass is 307 g/mol. The molecular formula is C10H14ClN3O4S. The Morgan fingerprint density at radius 2 is 2.26 bits per heavy atom. The number of hydrogen-bond donors (Lipinski definition) is 2. The Balaban J connectivity index is 2.57. The number of amides is 1. The molecule has 9 heteroatoms. The first-order valence-corrected chi connectivity index (χ1v) is 7.18. The normalized spacial score (nSPS) is 11.3. The van der Waals surface area contributed by atoms with Crippen LogP contribution in [0.4, 0.5) is 0 Å². The maximum absolute atomic E-state index is 11.8. The molecule has 106 valence electrons. The molecule has 0 radical (unpaired) electrons. The fourth-order valence-corrected chi connectivity index (χ4v) is 2.56.